The van der Waals surface area contributed by atoms with Gasteiger partial charge >= 0.3 is 11.9 Å². The lowest BCUT2D eigenvalue weighted by atomic mass is 9.73. The number of fused-ring (bicyclic) bond motifs is 5. The van der Waals surface area contributed by atoms with Crippen LogP contribution in [0.5, 0.6) is 0 Å². The van der Waals surface area contributed by atoms with Gasteiger partial charge in [0.15, 0.2) is 12.4 Å². The van der Waals surface area contributed by atoms with Crippen molar-refractivity contribution in [3.05, 3.63) is 12.2 Å². The quantitative estimate of drug-likeness (QED) is 0.168. The fraction of sp³-hybridized carbons (Fsp3) is 0.857. The van der Waals surface area contributed by atoms with Crippen molar-refractivity contribution in [2.45, 2.75) is 142 Å². The van der Waals surface area contributed by atoms with E-state index >= 15 is 0 Å². The van der Waals surface area contributed by atoms with E-state index in [0.29, 0.717) is 17.7 Å². The zero-order chi connectivity index (χ0) is 36.3. The number of aliphatic hydroxyl groups excluding tert-OH is 1. The molecule has 3 aliphatic rings. The minimum Gasteiger partial charge on any atom is -0.459 e. The van der Waals surface area contributed by atoms with Crippen LogP contribution >= 0.6 is 0 Å². The Morgan fingerprint density at radius 1 is 1.12 bits per heavy atom. The van der Waals surface area contributed by atoms with Crippen LogP contribution in [-0.4, -0.2) is 125 Å². The molecule has 3 fully saturated rings. The first-order valence-electron chi connectivity index (χ1n) is 17.2. The number of hydrogen-bond donors (Lipinski definition) is 3. The van der Waals surface area contributed by atoms with E-state index in [2.05, 4.69) is 11.7 Å². The molecule has 48 heavy (non-hydrogen) atoms. The average molecular weight is 685 g/mol. The number of carbonyl (C=O) groups is 2. The number of nitrogens with zero attached hydrogens (tertiary/aromatic N) is 2. The van der Waals surface area contributed by atoms with Gasteiger partial charge < -0.3 is 48.7 Å². The lowest BCUT2D eigenvalue weighted by molar-refractivity contribution is -0.304. The Bertz CT molecular complexity index is 1160. The smallest absolute Gasteiger partial charge is 0.311 e. The molecule has 3 N–H and O–H groups in total. The number of oxime groups is 1. The average Bonchev–Trinajstić information content (AvgIpc) is 3.01. The molecule has 3 aliphatic heterocycles. The zero-order valence-electron chi connectivity index (χ0n) is 30.7. The Labute approximate surface area is 285 Å². The summed E-state index contributed by atoms with van der Waals surface area (Å²) in [5.41, 5.74) is -2.03. The molecule has 0 unspecified atom stereocenters. The highest BCUT2D eigenvalue weighted by Gasteiger charge is 2.53. The van der Waals surface area contributed by atoms with Crippen LogP contribution in [0.3, 0.4) is 0 Å². The van der Waals surface area contributed by atoms with Crippen molar-refractivity contribution in [2.75, 3.05) is 27.3 Å². The summed E-state index contributed by atoms with van der Waals surface area (Å²) >= 11 is 0. The van der Waals surface area contributed by atoms with E-state index < -0.39 is 83.6 Å². The minimum atomic E-state index is -1.71. The molecule has 3 heterocycles. The summed E-state index contributed by atoms with van der Waals surface area (Å²) in [6.07, 6.45) is -5.31. The third-order valence-corrected chi connectivity index (χ3v) is 10.5. The van der Waals surface area contributed by atoms with Gasteiger partial charge in [0.1, 0.15) is 11.7 Å². The van der Waals surface area contributed by atoms with Crippen LogP contribution < -0.4 is 0 Å². The third kappa shape index (κ3) is 8.77. The number of rotatable bonds is 5. The lowest BCUT2D eigenvalue weighted by Gasteiger charge is -2.49. The fourth-order valence-corrected chi connectivity index (χ4v) is 7.85. The molecule has 0 saturated carbocycles. The maximum Gasteiger partial charge on any atom is 0.311 e. The number of likely N-dealkylation sites (N-methyl/N-ethyl adjacent to an activating group) is 1. The second kappa shape index (κ2) is 16.3. The van der Waals surface area contributed by atoms with Gasteiger partial charge in [-0.2, -0.15) is 0 Å². The van der Waals surface area contributed by atoms with Gasteiger partial charge in [-0.15, -0.1) is 0 Å². The highest BCUT2D eigenvalue weighted by Crippen LogP contribution is 2.41. The molecular formula is C35H60N2O11. The van der Waals surface area contributed by atoms with E-state index in [-0.39, 0.29) is 38.2 Å². The van der Waals surface area contributed by atoms with E-state index in [0.717, 1.165) is 0 Å². The normalized spacial score (nSPS) is 44.8. The van der Waals surface area contributed by atoms with Crippen molar-refractivity contribution < 1.29 is 53.4 Å². The number of hydrogen-bond acceptors (Lipinski definition) is 13. The van der Waals surface area contributed by atoms with Gasteiger partial charge in [-0.3, -0.25) is 9.59 Å². The maximum atomic E-state index is 13.7. The van der Waals surface area contributed by atoms with Crippen LogP contribution in [0.25, 0.3) is 0 Å². The van der Waals surface area contributed by atoms with Crippen LogP contribution in [0.15, 0.2) is 17.3 Å². The van der Waals surface area contributed by atoms with Gasteiger partial charge in [-0.1, -0.05) is 39.4 Å². The van der Waals surface area contributed by atoms with Gasteiger partial charge in [-0.05, 0) is 66.6 Å². The molecular weight excluding hydrogens is 624 g/mol. The molecule has 0 aliphatic carbocycles. The second-order valence-electron chi connectivity index (χ2n) is 14.9. The Balaban J connectivity index is 2.26. The number of ether oxygens (including phenoxy) is 6. The van der Waals surface area contributed by atoms with Gasteiger partial charge in [-0.25, -0.2) is 0 Å². The van der Waals surface area contributed by atoms with Crippen molar-refractivity contribution in [3.8, 4) is 0 Å². The van der Waals surface area contributed by atoms with Crippen molar-refractivity contribution >= 4 is 17.7 Å². The molecule has 3 saturated heterocycles. The Morgan fingerprint density at radius 3 is 2.33 bits per heavy atom. The summed E-state index contributed by atoms with van der Waals surface area (Å²) in [6, 6.07) is -0.239. The highest BCUT2D eigenvalue weighted by atomic mass is 16.7. The first-order chi connectivity index (χ1) is 22.3. The largest absolute Gasteiger partial charge is 0.459 e. The van der Waals surface area contributed by atoms with Crippen molar-refractivity contribution in [1.82, 2.24) is 4.90 Å². The molecule has 276 valence electrons. The second-order valence-corrected chi connectivity index (χ2v) is 14.9. The first kappa shape index (κ1) is 40.3. The van der Waals surface area contributed by atoms with Gasteiger partial charge in [0.2, 0.25) is 0 Å². The van der Waals surface area contributed by atoms with E-state index in [1.165, 1.54) is 6.92 Å². The molecule has 0 aromatic carbocycles. The monoisotopic (exact) mass is 684 g/mol. The summed E-state index contributed by atoms with van der Waals surface area (Å²) < 4.78 is 37.9. The van der Waals surface area contributed by atoms with E-state index in [4.69, 9.17) is 28.4 Å². The number of cyclic esters (lactones) is 1. The molecule has 0 radical (unpaired) electrons. The minimum absolute atomic E-state index is 0.00109. The van der Waals surface area contributed by atoms with Crippen molar-refractivity contribution in [3.63, 3.8) is 0 Å². The Hall–Kier alpha value is -2.13. The molecule has 0 aromatic rings. The first-order valence-corrected chi connectivity index (χ1v) is 17.2. The zero-order valence-corrected chi connectivity index (χ0v) is 30.7. The standard InChI is InChI=1S/C35H60N2O11/c1-13-26-35(10,41)31-21(5)27(36-42)19(3)15-34(9,44-17-18(2)16-43-31)30(22(6)28(39)23(7)32(40)47-26)48-33-29(46-24(8)38)25(37(11)12)14-20(4)45-33/h19-23,25-26,28-31,33,39,41-42H,2,13-17H2,1,3-12H3/b36-27+/t19-,20-,21-,22+,23-,25+,26+,28+,29-,30-,31-,33+,34-,35-/m1/s1. The summed E-state index contributed by atoms with van der Waals surface area (Å²) in [4.78, 5) is 28.0. The number of esters is 2. The van der Waals surface area contributed by atoms with Gasteiger partial charge in [0.05, 0.1) is 60.9 Å². The van der Waals surface area contributed by atoms with Crippen molar-refractivity contribution in [2.24, 2.45) is 28.8 Å². The Morgan fingerprint density at radius 2 is 1.77 bits per heavy atom. The van der Waals surface area contributed by atoms with Gasteiger partial charge in [0, 0.05) is 24.7 Å². The van der Waals surface area contributed by atoms with Crippen LogP contribution in [0.4, 0.5) is 0 Å². The van der Waals surface area contributed by atoms with Crippen LogP contribution in [-0.2, 0) is 38.0 Å². The number of carbonyl (C=O) groups excluding carboxylic acids is 2. The SMILES string of the molecule is C=C1CO[C@@H]2[C@H](C)/C(=N/O)[C@H](C)C[C@@](C)(OC1)[C@H](O[C@@H]1O[C@H](C)C[C@H](N(C)C)[C@H]1OC(C)=O)[C@@H](C)[C@H](O)[C@@H](C)C(=O)O[C@@H](CC)[C@@]2(C)O. The summed E-state index contributed by atoms with van der Waals surface area (Å²) in [6.45, 7) is 19.7. The number of aliphatic hydroxyl groups is 2. The highest BCUT2D eigenvalue weighted by molar-refractivity contribution is 5.88. The van der Waals surface area contributed by atoms with Crippen molar-refractivity contribution in [1.29, 1.82) is 0 Å². The van der Waals surface area contributed by atoms with Crippen LogP contribution in [0.2, 0.25) is 0 Å². The molecule has 13 nitrogen and oxygen atoms in total. The predicted octanol–water partition coefficient (Wildman–Crippen LogP) is 3.31. The van der Waals surface area contributed by atoms with E-state index in [9.17, 15) is 25.0 Å². The molecule has 0 spiro atoms. The summed E-state index contributed by atoms with van der Waals surface area (Å²) in [5.74, 6) is -4.10. The topological polar surface area (TPSA) is 166 Å². The van der Waals surface area contributed by atoms with E-state index in [1.807, 2.05) is 39.8 Å². The summed E-state index contributed by atoms with van der Waals surface area (Å²) in [7, 11) is 3.79. The molecule has 0 amide bonds. The maximum absolute atomic E-state index is 13.7. The molecule has 14 atom stereocenters. The molecule has 3 rings (SSSR count). The van der Waals surface area contributed by atoms with Crippen LogP contribution in [0, 0.1) is 23.7 Å². The third-order valence-electron chi connectivity index (χ3n) is 10.5. The van der Waals surface area contributed by atoms with Crippen LogP contribution in [0.1, 0.15) is 81.6 Å². The fourth-order valence-electron chi connectivity index (χ4n) is 7.85. The molecule has 2 bridgehead atoms. The molecule has 0 aromatic heterocycles. The summed E-state index contributed by atoms with van der Waals surface area (Å²) in [5, 5.41) is 38.0. The Kier molecular flexibility index (Phi) is 13.7. The van der Waals surface area contributed by atoms with E-state index in [1.54, 1.807) is 34.6 Å². The lowest BCUT2D eigenvalue weighted by Crippen LogP contribution is -2.61. The van der Waals surface area contributed by atoms with Gasteiger partial charge in [0.25, 0.3) is 0 Å². The molecule has 13 heteroatoms. The predicted molar refractivity (Wildman–Crippen MR) is 177 cm³/mol.